The number of carbonyl (C=O) groups is 1. The van der Waals surface area contributed by atoms with Gasteiger partial charge in [0.2, 0.25) is 5.78 Å². The minimum atomic E-state index is -0.236. The minimum Gasteiger partial charge on any atom is -0.307 e. The van der Waals surface area contributed by atoms with Gasteiger partial charge in [-0.3, -0.25) is 4.79 Å². The average Bonchev–Trinajstić information content (AvgIpc) is 3.11. The first-order valence-corrected chi connectivity index (χ1v) is 9.79. The van der Waals surface area contributed by atoms with E-state index in [9.17, 15) is 4.79 Å². The van der Waals surface area contributed by atoms with E-state index in [2.05, 4.69) is 27.8 Å². The number of aryl methyl sites for hydroxylation is 1. The Bertz CT molecular complexity index is 1180. The highest BCUT2D eigenvalue weighted by Gasteiger charge is 2.32. The van der Waals surface area contributed by atoms with Crippen molar-refractivity contribution in [2.75, 3.05) is 0 Å². The first-order valence-electron chi connectivity index (χ1n) is 9.41. The molecular formula is C23H19ClN3O+. The van der Waals surface area contributed by atoms with Crippen LogP contribution in [0.3, 0.4) is 0 Å². The predicted octanol–water partition coefficient (Wildman–Crippen LogP) is 4.40. The van der Waals surface area contributed by atoms with Gasteiger partial charge in [-0.1, -0.05) is 48.0 Å². The van der Waals surface area contributed by atoms with Crippen LogP contribution in [0.5, 0.6) is 0 Å². The molecule has 1 aliphatic rings. The molecule has 0 bridgehead atoms. The molecule has 0 fully saturated rings. The van der Waals surface area contributed by atoms with Crippen LogP contribution in [-0.2, 0) is 13.0 Å². The molecule has 138 valence electrons. The van der Waals surface area contributed by atoms with Crippen molar-refractivity contribution in [2.45, 2.75) is 25.4 Å². The molecule has 0 spiro atoms. The number of rotatable bonds is 3. The molecule has 0 N–H and O–H groups in total. The van der Waals surface area contributed by atoms with Gasteiger partial charge in [-0.2, -0.15) is 0 Å². The molecule has 1 atom stereocenters. The van der Waals surface area contributed by atoms with Gasteiger partial charge in [-0.15, -0.1) is 0 Å². The van der Waals surface area contributed by atoms with E-state index < -0.39 is 0 Å². The Morgan fingerprint density at radius 2 is 2.00 bits per heavy atom. The number of Topliss-reactive ketones (excluding diaryl/α,β-unsaturated/α-hetero) is 1. The maximum Gasteiger partial charge on any atom is 0.289 e. The second kappa shape index (κ2) is 6.88. The molecule has 0 saturated heterocycles. The number of benzene rings is 2. The molecular weight excluding hydrogens is 370 g/mol. The molecule has 1 aliphatic carbocycles. The van der Waals surface area contributed by atoms with Gasteiger partial charge in [-0.25, -0.2) is 4.57 Å². The third kappa shape index (κ3) is 3.00. The van der Waals surface area contributed by atoms with Gasteiger partial charge in [0.25, 0.3) is 12.0 Å². The molecule has 1 unspecified atom stereocenters. The van der Waals surface area contributed by atoms with Gasteiger partial charge in [0.05, 0.1) is 11.9 Å². The first kappa shape index (κ1) is 17.1. The lowest BCUT2D eigenvalue weighted by Gasteiger charge is -2.21. The third-order valence-corrected chi connectivity index (χ3v) is 5.68. The maximum atomic E-state index is 13.0. The molecule has 2 heterocycles. The van der Waals surface area contributed by atoms with E-state index in [1.54, 1.807) is 12.4 Å². The average molecular weight is 389 g/mol. The molecule has 0 aliphatic heterocycles. The molecule has 5 rings (SSSR count). The Labute approximate surface area is 168 Å². The molecule has 4 aromatic rings. The Balaban J connectivity index is 1.47. The zero-order valence-electron chi connectivity index (χ0n) is 15.3. The normalized spacial score (nSPS) is 16.3. The minimum absolute atomic E-state index is 0.110. The smallest absolute Gasteiger partial charge is 0.289 e. The monoisotopic (exact) mass is 388 g/mol. The van der Waals surface area contributed by atoms with Crippen molar-refractivity contribution in [1.82, 2.24) is 9.55 Å². The SMILES string of the molecule is O=C1c2cc(Cl)ccc2CCC1[n+]1cnc2c(ccn2Cc2ccccc2)c1. The van der Waals surface area contributed by atoms with Gasteiger partial charge in [0.1, 0.15) is 6.20 Å². The van der Waals surface area contributed by atoms with Crippen LogP contribution in [-0.4, -0.2) is 15.3 Å². The number of hydrogen-bond acceptors (Lipinski definition) is 2. The highest BCUT2D eigenvalue weighted by molar-refractivity contribution is 6.31. The van der Waals surface area contributed by atoms with Crippen LogP contribution >= 0.6 is 11.6 Å². The predicted molar refractivity (Wildman–Crippen MR) is 109 cm³/mol. The third-order valence-electron chi connectivity index (χ3n) is 5.45. The Morgan fingerprint density at radius 1 is 1.14 bits per heavy atom. The summed E-state index contributed by atoms with van der Waals surface area (Å²) in [5.74, 6) is 0.110. The van der Waals surface area contributed by atoms with Crippen LogP contribution in [0.1, 0.15) is 33.9 Å². The number of carbonyl (C=O) groups excluding carboxylic acids is 1. The van der Waals surface area contributed by atoms with Gasteiger partial charge >= 0.3 is 0 Å². The summed E-state index contributed by atoms with van der Waals surface area (Å²) in [6, 6.07) is 17.7. The van der Waals surface area contributed by atoms with Crippen LogP contribution in [0.15, 0.2) is 73.3 Å². The molecule has 0 saturated carbocycles. The number of nitrogens with zero attached hydrogens (tertiary/aromatic N) is 3. The van der Waals surface area contributed by atoms with Crippen molar-refractivity contribution < 1.29 is 9.36 Å². The van der Waals surface area contributed by atoms with Crippen LogP contribution in [0.2, 0.25) is 5.02 Å². The quantitative estimate of drug-likeness (QED) is 0.488. The fraction of sp³-hybridized carbons (Fsp3) is 0.174. The van der Waals surface area contributed by atoms with Crippen molar-refractivity contribution in [3.05, 3.63) is 95.0 Å². The number of ketones is 1. The van der Waals surface area contributed by atoms with Crippen LogP contribution in [0.25, 0.3) is 11.0 Å². The summed E-state index contributed by atoms with van der Waals surface area (Å²) in [5, 5.41) is 1.63. The number of aromatic nitrogens is 3. The first-order chi connectivity index (χ1) is 13.7. The Hall–Kier alpha value is -2.98. The fourth-order valence-electron chi connectivity index (χ4n) is 4.01. The van der Waals surface area contributed by atoms with E-state index in [-0.39, 0.29) is 11.8 Å². The molecule has 4 nitrogen and oxygen atoms in total. The summed E-state index contributed by atoms with van der Waals surface area (Å²) < 4.78 is 4.08. The van der Waals surface area contributed by atoms with Crippen LogP contribution in [0.4, 0.5) is 0 Å². The summed E-state index contributed by atoms with van der Waals surface area (Å²) in [6.07, 6.45) is 7.50. The van der Waals surface area contributed by atoms with Crippen molar-refractivity contribution in [1.29, 1.82) is 0 Å². The van der Waals surface area contributed by atoms with E-state index in [1.807, 2.05) is 47.3 Å². The van der Waals surface area contributed by atoms with E-state index in [1.165, 1.54) is 5.56 Å². The van der Waals surface area contributed by atoms with Crippen LogP contribution in [0, 0.1) is 0 Å². The lowest BCUT2D eigenvalue weighted by atomic mass is 9.87. The highest BCUT2D eigenvalue weighted by atomic mass is 35.5. The second-order valence-electron chi connectivity index (χ2n) is 7.25. The fourth-order valence-corrected chi connectivity index (χ4v) is 4.18. The maximum absolute atomic E-state index is 13.0. The zero-order chi connectivity index (χ0) is 19.1. The van der Waals surface area contributed by atoms with Crippen molar-refractivity contribution >= 4 is 28.4 Å². The topological polar surface area (TPSA) is 38.8 Å². The van der Waals surface area contributed by atoms with Crippen molar-refractivity contribution in [2.24, 2.45) is 0 Å². The summed E-state index contributed by atoms with van der Waals surface area (Å²) in [6.45, 7) is 0.773. The summed E-state index contributed by atoms with van der Waals surface area (Å²) in [5.41, 5.74) is 3.97. The second-order valence-corrected chi connectivity index (χ2v) is 7.69. The molecule has 2 aromatic heterocycles. The largest absolute Gasteiger partial charge is 0.307 e. The molecule has 28 heavy (non-hydrogen) atoms. The van der Waals surface area contributed by atoms with Crippen molar-refractivity contribution in [3.63, 3.8) is 0 Å². The molecule has 0 radical (unpaired) electrons. The molecule has 0 amide bonds. The van der Waals surface area contributed by atoms with E-state index in [4.69, 9.17) is 11.6 Å². The zero-order valence-corrected chi connectivity index (χ0v) is 16.0. The van der Waals surface area contributed by atoms with E-state index in [0.717, 1.165) is 41.5 Å². The highest BCUT2D eigenvalue weighted by Crippen LogP contribution is 2.28. The summed E-state index contributed by atoms with van der Waals surface area (Å²) in [7, 11) is 0. The standard InChI is InChI=1S/C23H19ClN3O/c24-19-8-6-17-7-9-21(22(28)20(17)12-19)27-14-18-10-11-26(23(18)25-15-27)13-16-4-2-1-3-5-16/h1-6,8,10-12,14-15,21H,7,9,13H2/q+1. The number of halogens is 1. The van der Waals surface area contributed by atoms with Gasteiger partial charge in [-0.05, 0) is 47.2 Å². The Kier molecular flexibility index (Phi) is 4.21. The Morgan fingerprint density at radius 3 is 2.86 bits per heavy atom. The lowest BCUT2D eigenvalue weighted by molar-refractivity contribution is -0.710. The van der Waals surface area contributed by atoms with Crippen molar-refractivity contribution in [3.8, 4) is 0 Å². The molecule has 5 heteroatoms. The summed E-state index contributed by atoms with van der Waals surface area (Å²) >= 11 is 6.11. The van der Waals surface area contributed by atoms with Gasteiger partial charge in [0, 0.05) is 16.8 Å². The number of fused-ring (bicyclic) bond motifs is 2. The van der Waals surface area contributed by atoms with Gasteiger partial charge < -0.3 is 4.57 Å². The lowest BCUT2D eigenvalue weighted by Crippen LogP contribution is -2.46. The number of hydrogen-bond donors (Lipinski definition) is 0. The molecule has 2 aromatic carbocycles. The van der Waals surface area contributed by atoms with Crippen LogP contribution < -0.4 is 4.57 Å². The summed E-state index contributed by atoms with van der Waals surface area (Å²) in [4.78, 5) is 17.7. The van der Waals surface area contributed by atoms with Gasteiger partial charge in [0.15, 0.2) is 6.04 Å². The van der Waals surface area contributed by atoms with E-state index in [0.29, 0.717) is 5.02 Å². The van der Waals surface area contributed by atoms with E-state index >= 15 is 0 Å².